The average Bonchev–Trinajstić information content (AvgIpc) is 3.10. The number of nitrogens with one attached hydrogen (secondary N) is 1. The molecule has 0 fully saturated rings. The van der Waals surface area contributed by atoms with Crippen LogP contribution in [0.15, 0.2) is 93.3 Å². The Hall–Kier alpha value is -3.84. The summed E-state index contributed by atoms with van der Waals surface area (Å²) in [4.78, 5) is 29.7. The molecule has 3 aromatic rings. The minimum Gasteiger partial charge on any atom is -0.506 e. The zero-order valence-corrected chi connectivity index (χ0v) is 18.7. The number of hydrazone groups is 1. The lowest BCUT2D eigenvalue weighted by molar-refractivity contribution is -0.120. The number of para-hydroxylation sites is 2. The Morgan fingerprint density at radius 2 is 1.52 bits per heavy atom. The first-order valence-electron chi connectivity index (χ1n) is 10.6. The van der Waals surface area contributed by atoms with Gasteiger partial charge < -0.3 is 10.0 Å². The summed E-state index contributed by atoms with van der Waals surface area (Å²) in [6, 6.07) is 23.1. The number of amides is 1. The van der Waals surface area contributed by atoms with Crippen molar-refractivity contribution in [2.75, 3.05) is 11.4 Å². The normalized spacial score (nSPS) is 14.6. The minimum absolute atomic E-state index is 0.106. The SMILES string of the molecule is C/C(=N\NC(=O)CCN1c2ccccc2Sc2ccccc21)C1=C(O)c2ccccc2C1=O. The summed E-state index contributed by atoms with van der Waals surface area (Å²) in [5.41, 5.74) is 5.98. The molecule has 1 amide bonds. The molecule has 0 saturated heterocycles. The first kappa shape index (κ1) is 21.0. The lowest BCUT2D eigenvalue weighted by Crippen LogP contribution is -2.28. The molecular formula is C26H21N3O3S. The third-order valence-electron chi connectivity index (χ3n) is 5.70. The largest absolute Gasteiger partial charge is 0.506 e. The Kier molecular flexibility index (Phi) is 5.48. The van der Waals surface area contributed by atoms with Crippen molar-refractivity contribution in [3.8, 4) is 0 Å². The van der Waals surface area contributed by atoms with Gasteiger partial charge in [-0.05, 0) is 31.2 Å². The first-order chi connectivity index (χ1) is 16.0. The fourth-order valence-corrected chi connectivity index (χ4v) is 5.19. The molecule has 0 bridgehead atoms. The van der Waals surface area contributed by atoms with Crippen molar-refractivity contribution in [2.45, 2.75) is 23.1 Å². The first-order valence-corrected chi connectivity index (χ1v) is 11.4. The van der Waals surface area contributed by atoms with Crippen molar-refractivity contribution in [1.29, 1.82) is 0 Å². The highest BCUT2D eigenvalue weighted by atomic mass is 32.2. The zero-order chi connectivity index (χ0) is 22.9. The standard InChI is InChI=1S/C26H21N3O3S/c1-16(24-25(31)17-8-2-3-9-18(17)26(24)32)27-28-23(30)14-15-29-19-10-4-6-12-21(19)33-22-13-7-5-11-20(22)29/h2-13,31H,14-15H2,1H3,(H,28,30)/b27-16+. The third kappa shape index (κ3) is 3.81. The Labute approximate surface area is 195 Å². The molecule has 1 aliphatic heterocycles. The van der Waals surface area contributed by atoms with Crippen molar-refractivity contribution in [3.05, 3.63) is 89.5 Å². The molecule has 5 rings (SSSR count). The van der Waals surface area contributed by atoms with Gasteiger partial charge in [0.15, 0.2) is 5.78 Å². The van der Waals surface area contributed by atoms with E-state index in [1.54, 1.807) is 43.0 Å². The number of ketones is 1. The van der Waals surface area contributed by atoms with Gasteiger partial charge in [0.2, 0.25) is 5.91 Å². The second kappa shape index (κ2) is 8.60. The smallest absolute Gasteiger partial charge is 0.241 e. The molecule has 3 aromatic carbocycles. The van der Waals surface area contributed by atoms with Crippen LogP contribution in [0.5, 0.6) is 0 Å². The van der Waals surface area contributed by atoms with E-state index in [2.05, 4.69) is 39.7 Å². The van der Waals surface area contributed by atoms with Crippen LogP contribution in [0.4, 0.5) is 11.4 Å². The molecule has 1 aliphatic carbocycles. The maximum Gasteiger partial charge on any atom is 0.241 e. The van der Waals surface area contributed by atoms with Gasteiger partial charge in [0, 0.05) is 33.9 Å². The number of benzene rings is 3. The van der Waals surface area contributed by atoms with Gasteiger partial charge in [0.1, 0.15) is 5.76 Å². The number of rotatable bonds is 5. The lowest BCUT2D eigenvalue weighted by atomic mass is 10.1. The Bertz CT molecular complexity index is 1300. The van der Waals surface area contributed by atoms with Crippen molar-refractivity contribution in [2.24, 2.45) is 5.10 Å². The van der Waals surface area contributed by atoms with E-state index < -0.39 is 0 Å². The second-order valence-corrected chi connectivity index (χ2v) is 8.85. The molecule has 0 aromatic heterocycles. The van der Waals surface area contributed by atoms with Gasteiger partial charge in [-0.2, -0.15) is 5.10 Å². The molecule has 33 heavy (non-hydrogen) atoms. The number of nitrogens with zero attached hydrogens (tertiary/aromatic N) is 2. The van der Waals surface area contributed by atoms with E-state index in [9.17, 15) is 14.7 Å². The van der Waals surface area contributed by atoms with Crippen LogP contribution in [0.1, 0.15) is 29.3 Å². The number of anilines is 2. The van der Waals surface area contributed by atoms with E-state index >= 15 is 0 Å². The number of allylic oxidation sites excluding steroid dienone is 1. The number of carbonyl (C=O) groups excluding carboxylic acids is 2. The quantitative estimate of drug-likeness (QED) is 0.401. The number of fused-ring (bicyclic) bond motifs is 3. The van der Waals surface area contributed by atoms with Crippen LogP contribution in [0.2, 0.25) is 0 Å². The van der Waals surface area contributed by atoms with Crippen LogP contribution in [0.3, 0.4) is 0 Å². The van der Waals surface area contributed by atoms with Gasteiger partial charge in [0.05, 0.1) is 22.7 Å². The summed E-state index contributed by atoms with van der Waals surface area (Å²) in [6.45, 7) is 2.08. The van der Waals surface area contributed by atoms with Crippen LogP contribution in [-0.4, -0.2) is 29.1 Å². The molecule has 2 aliphatic rings. The molecule has 1 heterocycles. The second-order valence-electron chi connectivity index (χ2n) is 7.77. The molecule has 6 nitrogen and oxygen atoms in total. The number of aliphatic hydroxyl groups is 1. The van der Waals surface area contributed by atoms with E-state index in [0.29, 0.717) is 17.7 Å². The van der Waals surface area contributed by atoms with E-state index in [0.717, 1.165) is 21.2 Å². The highest BCUT2D eigenvalue weighted by Gasteiger charge is 2.31. The van der Waals surface area contributed by atoms with Crippen molar-refractivity contribution < 1.29 is 14.7 Å². The van der Waals surface area contributed by atoms with E-state index in [4.69, 9.17) is 0 Å². The predicted octanol–water partition coefficient (Wildman–Crippen LogP) is 5.34. The average molecular weight is 456 g/mol. The van der Waals surface area contributed by atoms with Gasteiger partial charge in [-0.3, -0.25) is 9.59 Å². The molecular weight excluding hydrogens is 434 g/mol. The molecule has 0 saturated carbocycles. The molecule has 7 heteroatoms. The van der Waals surface area contributed by atoms with Gasteiger partial charge in [-0.25, -0.2) is 5.43 Å². The molecule has 0 unspecified atom stereocenters. The van der Waals surface area contributed by atoms with Crippen LogP contribution >= 0.6 is 11.8 Å². The summed E-state index contributed by atoms with van der Waals surface area (Å²) in [6.07, 6.45) is 0.212. The number of carbonyl (C=O) groups is 2. The van der Waals surface area contributed by atoms with E-state index in [-0.39, 0.29) is 35.2 Å². The summed E-state index contributed by atoms with van der Waals surface area (Å²) in [5.74, 6) is -0.673. The molecule has 0 atom stereocenters. The summed E-state index contributed by atoms with van der Waals surface area (Å²) in [5, 5.41) is 14.6. The fourth-order valence-electron chi connectivity index (χ4n) is 4.09. The van der Waals surface area contributed by atoms with Crippen LogP contribution in [0, 0.1) is 0 Å². The van der Waals surface area contributed by atoms with Crippen molar-refractivity contribution >= 4 is 46.3 Å². The highest BCUT2D eigenvalue weighted by molar-refractivity contribution is 7.99. The molecule has 0 spiro atoms. The minimum atomic E-state index is -0.294. The van der Waals surface area contributed by atoms with Gasteiger partial charge in [-0.15, -0.1) is 0 Å². The Balaban J connectivity index is 1.29. The number of hydrogen-bond donors (Lipinski definition) is 2. The van der Waals surface area contributed by atoms with Gasteiger partial charge >= 0.3 is 0 Å². The third-order valence-corrected chi connectivity index (χ3v) is 6.83. The predicted molar refractivity (Wildman–Crippen MR) is 130 cm³/mol. The summed E-state index contributed by atoms with van der Waals surface area (Å²) in [7, 11) is 0. The van der Waals surface area contributed by atoms with Crippen molar-refractivity contribution in [1.82, 2.24) is 5.43 Å². The Morgan fingerprint density at radius 3 is 2.15 bits per heavy atom. The summed E-state index contributed by atoms with van der Waals surface area (Å²) >= 11 is 1.72. The topological polar surface area (TPSA) is 82.0 Å². The molecule has 2 N–H and O–H groups in total. The zero-order valence-electron chi connectivity index (χ0n) is 17.9. The van der Waals surface area contributed by atoms with E-state index in [1.165, 1.54) is 0 Å². The highest BCUT2D eigenvalue weighted by Crippen LogP contribution is 2.47. The maximum atomic E-state index is 12.6. The molecule has 0 radical (unpaired) electrons. The van der Waals surface area contributed by atoms with Gasteiger partial charge in [0.25, 0.3) is 0 Å². The van der Waals surface area contributed by atoms with E-state index in [1.807, 2.05) is 24.3 Å². The number of Topliss-reactive ketones (excluding diaryl/α,β-unsaturated/α-hetero) is 1. The molecule has 164 valence electrons. The van der Waals surface area contributed by atoms with Crippen LogP contribution < -0.4 is 10.3 Å². The van der Waals surface area contributed by atoms with Gasteiger partial charge in [-0.1, -0.05) is 60.3 Å². The van der Waals surface area contributed by atoms with Crippen LogP contribution in [-0.2, 0) is 4.79 Å². The van der Waals surface area contributed by atoms with Crippen LogP contribution in [0.25, 0.3) is 5.76 Å². The number of aliphatic hydroxyl groups excluding tert-OH is 1. The number of hydrogen-bond acceptors (Lipinski definition) is 6. The monoisotopic (exact) mass is 455 g/mol. The van der Waals surface area contributed by atoms with Crippen molar-refractivity contribution in [3.63, 3.8) is 0 Å². The maximum absolute atomic E-state index is 12.6. The summed E-state index contributed by atoms with van der Waals surface area (Å²) < 4.78 is 0. The Morgan fingerprint density at radius 1 is 0.939 bits per heavy atom. The fraction of sp³-hybridized carbons (Fsp3) is 0.115. The lowest BCUT2D eigenvalue weighted by Gasteiger charge is -2.32.